The van der Waals surface area contributed by atoms with E-state index in [4.69, 9.17) is 11.6 Å². The van der Waals surface area contributed by atoms with E-state index in [1.807, 2.05) is 42.3 Å². The maximum absolute atomic E-state index is 11.2. The smallest absolute Gasteiger partial charge is 0.337 e. The predicted octanol–water partition coefficient (Wildman–Crippen LogP) is 3.81. The number of carboxylic acids is 1. The molecule has 1 N–H and O–H groups in total. The lowest BCUT2D eigenvalue weighted by Crippen LogP contribution is -2.13. The van der Waals surface area contributed by atoms with Gasteiger partial charge in [0, 0.05) is 17.8 Å². The summed E-state index contributed by atoms with van der Waals surface area (Å²) in [5, 5.41) is 9.62. The first-order valence-corrected chi connectivity index (χ1v) is 5.79. The van der Waals surface area contributed by atoms with Crippen molar-refractivity contribution in [2.45, 2.75) is 0 Å². The molecule has 0 amide bonds. The maximum Gasteiger partial charge on any atom is 0.337 e. The molecule has 2 aromatic rings. The van der Waals surface area contributed by atoms with Crippen molar-refractivity contribution in [2.24, 2.45) is 0 Å². The van der Waals surface area contributed by atoms with Gasteiger partial charge in [0.1, 0.15) is 0 Å². The number of benzene rings is 2. The third-order valence-corrected chi connectivity index (χ3v) is 2.93. The summed E-state index contributed by atoms with van der Waals surface area (Å²) in [6.45, 7) is 0. The summed E-state index contributed by atoms with van der Waals surface area (Å²) in [7, 11) is 1.82. The molecule has 2 rings (SSSR count). The zero-order valence-corrected chi connectivity index (χ0v) is 10.6. The van der Waals surface area contributed by atoms with Gasteiger partial charge in [0.25, 0.3) is 0 Å². The number of hydrogen-bond acceptors (Lipinski definition) is 2. The molecule has 0 radical (unpaired) electrons. The Morgan fingerprint density at radius 1 is 1.17 bits per heavy atom. The largest absolute Gasteiger partial charge is 0.478 e. The van der Waals surface area contributed by atoms with Crippen LogP contribution in [0.4, 0.5) is 11.4 Å². The third-order valence-electron chi connectivity index (χ3n) is 2.69. The van der Waals surface area contributed by atoms with Gasteiger partial charge in [-0.2, -0.15) is 0 Å². The van der Waals surface area contributed by atoms with E-state index in [2.05, 4.69) is 0 Å². The third kappa shape index (κ3) is 2.46. The van der Waals surface area contributed by atoms with Crippen LogP contribution in [0.2, 0.25) is 5.02 Å². The van der Waals surface area contributed by atoms with Crippen molar-refractivity contribution in [3.05, 3.63) is 59.1 Å². The first-order chi connectivity index (χ1) is 8.59. The molecule has 0 aromatic heterocycles. The second kappa shape index (κ2) is 5.10. The quantitative estimate of drug-likeness (QED) is 0.913. The van der Waals surface area contributed by atoms with Crippen molar-refractivity contribution in [2.75, 3.05) is 11.9 Å². The molecule has 0 fully saturated rings. The van der Waals surface area contributed by atoms with E-state index < -0.39 is 5.97 Å². The van der Waals surface area contributed by atoms with Crippen molar-refractivity contribution in [3.63, 3.8) is 0 Å². The molecule has 4 heteroatoms. The molecule has 0 saturated heterocycles. The van der Waals surface area contributed by atoms with Crippen LogP contribution in [0, 0.1) is 0 Å². The lowest BCUT2D eigenvalue weighted by Gasteiger charge is -2.21. The molecule has 0 unspecified atom stereocenters. The van der Waals surface area contributed by atoms with Crippen molar-refractivity contribution < 1.29 is 9.90 Å². The summed E-state index contributed by atoms with van der Waals surface area (Å²) < 4.78 is 0. The highest BCUT2D eigenvalue weighted by atomic mass is 35.5. The minimum absolute atomic E-state index is 0.189. The molecule has 0 aliphatic heterocycles. The Balaban J connectivity index is 2.48. The molecule has 18 heavy (non-hydrogen) atoms. The molecule has 0 spiro atoms. The van der Waals surface area contributed by atoms with Gasteiger partial charge >= 0.3 is 5.97 Å². The fourth-order valence-corrected chi connectivity index (χ4v) is 1.93. The second-order valence-electron chi connectivity index (χ2n) is 3.86. The van der Waals surface area contributed by atoms with Crippen LogP contribution in [0.3, 0.4) is 0 Å². The minimum atomic E-state index is -0.990. The van der Waals surface area contributed by atoms with Crippen LogP contribution in [-0.4, -0.2) is 18.1 Å². The van der Waals surface area contributed by atoms with Gasteiger partial charge in [-0.1, -0.05) is 29.8 Å². The standard InChI is InChI=1S/C14H12ClNO2/c1-16(11-5-3-2-4-6-11)13-8-7-10(15)9-12(13)14(17)18/h2-9H,1H3,(H,17,18). The Morgan fingerprint density at radius 3 is 2.44 bits per heavy atom. The molecule has 3 nitrogen and oxygen atoms in total. The Labute approximate surface area is 110 Å². The molecule has 0 aliphatic rings. The first kappa shape index (κ1) is 12.5. The van der Waals surface area contributed by atoms with E-state index in [-0.39, 0.29) is 5.56 Å². The number of carboxylic acid groups (broad SMARTS) is 1. The fraction of sp³-hybridized carbons (Fsp3) is 0.0714. The van der Waals surface area contributed by atoms with Gasteiger partial charge in [-0.05, 0) is 30.3 Å². The number of aromatic carboxylic acids is 1. The summed E-state index contributed by atoms with van der Waals surface area (Å²) >= 11 is 5.83. The Bertz CT molecular complexity index is 569. The summed E-state index contributed by atoms with van der Waals surface area (Å²) in [6, 6.07) is 14.4. The normalized spacial score (nSPS) is 10.1. The van der Waals surface area contributed by atoms with Gasteiger partial charge < -0.3 is 10.0 Å². The number of carbonyl (C=O) groups is 1. The monoisotopic (exact) mass is 261 g/mol. The number of hydrogen-bond donors (Lipinski definition) is 1. The highest BCUT2D eigenvalue weighted by molar-refractivity contribution is 6.31. The predicted molar refractivity (Wildman–Crippen MR) is 72.9 cm³/mol. The van der Waals surface area contributed by atoms with Crippen molar-refractivity contribution >= 4 is 28.9 Å². The van der Waals surface area contributed by atoms with Crippen LogP contribution >= 0.6 is 11.6 Å². The lowest BCUT2D eigenvalue weighted by molar-refractivity contribution is 0.0697. The summed E-state index contributed by atoms with van der Waals surface area (Å²) in [5.74, 6) is -0.990. The van der Waals surface area contributed by atoms with Crippen LogP contribution in [-0.2, 0) is 0 Å². The van der Waals surface area contributed by atoms with Crippen LogP contribution < -0.4 is 4.90 Å². The number of anilines is 2. The van der Waals surface area contributed by atoms with Gasteiger partial charge in [-0.25, -0.2) is 4.79 Å². The van der Waals surface area contributed by atoms with E-state index in [9.17, 15) is 9.90 Å². The number of rotatable bonds is 3. The SMILES string of the molecule is CN(c1ccccc1)c1ccc(Cl)cc1C(=O)O. The number of nitrogens with zero attached hydrogens (tertiary/aromatic N) is 1. The van der Waals surface area contributed by atoms with Gasteiger partial charge in [0.05, 0.1) is 11.3 Å². The molecule has 0 bridgehead atoms. The first-order valence-electron chi connectivity index (χ1n) is 5.41. The highest BCUT2D eigenvalue weighted by Crippen LogP contribution is 2.29. The zero-order valence-electron chi connectivity index (χ0n) is 9.80. The van der Waals surface area contributed by atoms with Gasteiger partial charge in [-0.15, -0.1) is 0 Å². The van der Waals surface area contributed by atoms with Gasteiger partial charge in [-0.3, -0.25) is 0 Å². The van der Waals surface area contributed by atoms with E-state index >= 15 is 0 Å². The second-order valence-corrected chi connectivity index (χ2v) is 4.30. The Hall–Kier alpha value is -2.00. The average Bonchev–Trinajstić information content (AvgIpc) is 2.39. The van der Waals surface area contributed by atoms with E-state index in [0.717, 1.165) is 5.69 Å². The molecular formula is C14H12ClNO2. The fourth-order valence-electron chi connectivity index (χ4n) is 1.76. The molecule has 0 saturated carbocycles. The summed E-state index contributed by atoms with van der Waals surface area (Å²) in [5.41, 5.74) is 1.72. The number of halogens is 1. The van der Waals surface area contributed by atoms with Gasteiger partial charge in [0.2, 0.25) is 0 Å². The van der Waals surface area contributed by atoms with E-state index in [0.29, 0.717) is 10.7 Å². The lowest BCUT2D eigenvalue weighted by atomic mass is 10.1. The molecule has 0 heterocycles. The van der Waals surface area contributed by atoms with Crippen molar-refractivity contribution in [3.8, 4) is 0 Å². The molecule has 92 valence electrons. The molecule has 0 aliphatic carbocycles. The van der Waals surface area contributed by atoms with Crippen LogP contribution in [0.1, 0.15) is 10.4 Å². The van der Waals surface area contributed by atoms with Crippen LogP contribution in [0.25, 0.3) is 0 Å². The summed E-state index contributed by atoms with van der Waals surface area (Å²) in [6.07, 6.45) is 0. The topological polar surface area (TPSA) is 40.5 Å². The average molecular weight is 262 g/mol. The molecule has 2 aromatic carbocycles. The minimum Gasteiger partial charge on any atom is -0.478 e. The molecule has 0 atom stereocenters. The number of para-hydroxylation sites is 1. The zero-order chi connectivity index (χ0) is 13.1. The summed E-state index contributed by atoms with van der Waals surface area (Å²) in [4.78, 5) is 13.0. The van der Waals surface area contributed by atoms with E-state index in [1.54, 1.807) is 12.1 Å². The van der Waals surface area contributed by atoms with Crippen LogP contribution in [0.5, 0.6) is 0 Å². The Kier molecular flexibility index (Phi) is 3.53. The van der Waals surface area contributed by atoms with Gasteiger partial charge in [0.15, 0.2) is 0 Å². The van der Waals surface area contributed by atoms with E-state index in [1.165, 1.54) is 6.07 Å². The van der Waals surface area contributed by atoms with Crippen molar-refractivity contribution in [1.82, 2.24) is 0 Å². The highest BCUT2D eigenvalue weighted by Gasteiger charge is 2.14. The Morgan fingerprint density at radius 2 is 1.83 bits per heavy atom. The van der Waals surface area contributed by atoms with Crippen LogP contribution in [0.15, 0.2) is 48.5 Å². The molecular weight excluding hydrogens is 250 g/mol. The van der Waals surface area contributed by atoms with Crippen molar-refractivity contribution in [1.29, 1.82) is 0 Å². The maximum atomic E-state index is 11.2.